The number of carbonyl (C=O) groups is 2. The van der Waals surface area contributed by atoms with Crippen molar-refractivity contribution in [3.8, 4) is 0 Å². The van der Waals surface area contributed by atoms with Crippen molar-refractivity contribution in [2.24, 2.45) is 0 Å². The molecule has 1 fully saturated rings. The van der Waals surface area contributed by atoms with Crippen molar-refractivity contribution >= 4 is 58.0 Å². The molecule has 1 aliphatic rings. The number of nitrogens with one attached hydrogen (secondary N) is 2. The zero-order valence-corrected chi connectivity index (χ0v) is 16.7. The van der Waals surface area contributed by atoms with E-state index in [1.807, 2.05) is 4.90 Å². The lowest BCUT2D eigenvalue weighted by molar-refractivity contribution is -0.114. The summed E-state index contributed by atoms with van der Waals surface area (Å²) in [5.41, 5.74) is 1.78. The Morgan fingerprint density at radius 3 is 2.22 bits per heavy atom. The van der Waals surface area contributed by atoms with Gasteiger partial charge in [0, 0.05) is 24.3 Å². The number of carbonyl (C=O) groups excluding carboxylic acids is 2. The minimum absolute atomic E-state index is 0.0377. The number of hydrogen-bond acceptors (Lipinski definition) is 3. The molecule has 2 N–H and O–H groups in total. The molecule has 8 heteroatoms. The molecule has 0 radical (unpaired) electrons. The van der Waals surface area contributed by atoms with Crippen LogP contribution in [0.25, 0.3) is 0 Å². The summed E-state index contributed by atoms with van der Waals surface area (Å²) in [7, 11) is 0. The van der Waals surface area contributed by atoms with Gasteiger partial charge in [0.2, 0.25) is 5.91 Å². The minimum Gasteiger partial charge on any atom is -0.376 e. The SMILES string of the molecule is O=C(CNc1ccc(C(=O)N2CCCC2)cc1)Nc1cc(Cl)c(Cl)cc1Cl. The van der Waals surface area contributed by atoms with E-state index in [-0.39, 0.29) is 18.4 Å². The maximum absolute atomic E-state index is 12.3. The topological polar surface area (TPSA) is 61.4 Å². The molecule has 3 rings (SSSR count). The molecular weight excluding hydrogens is 409 g/mol. The van der Waals surface area contributed by atoms with Gasteiger partial charge in [-0.25, -0.2) is 0 Å². The van der Waals surface area contributed by atoms with Crippen LogP contribution in [0.15, 0.2) is 36.4 Å². The van der Waals surface area contributed by atoms with Crippen LogP contribution in [0.4, 0.5) is 11.4 Å². The van der Waals surface area contributed by atoms with Crippen molar-refractivity contribution < 1.29 is 9.59 Å². The number of benzene rings is 2. The first kappa shape index (κ1) is 19.8. The lowest BCUT2D eigenvalue weighted by atomic mass is 10.2. The Kier molecular flexibility index (Phi) is 6.47. The summed E-state index contributed by atoms with van der Waals surface area (Å²) >= 11 is 17.9. The van der Waals surface area contributed by atoms with Crippen LogP contribution >= 0.6 is 34.8 Å². The molecule has 2 aromatic carbocycles. The largest absolute Gasteiger partial charge is 0.376 e. The van der Waals surface area contributed by atoms with Crippen molar-refractivity contribution in [2.75, 3.05) is 30.3 Å². The summed E-state index contributed by atoms with van der Waals surface area (Å²) in [5.74, 6) is -0.237. The fourth-order valence-electron chi connectivity index (χ4n) is 2.83. The van der Waals surface area contributed by atoms with Gasteiger partial charge in [0.05, 0.1) is 27.3 Å². The van der Waals surface area contributed by atoms with Crippen LogP contribution in [0.1, 0.15) is 23.2 Å². The van der Waals surface area contributed by atoms with Gasteiger partial charge in [0.25, 0.3) is 5.91 Å². The molecule has 2 amide bonds. The van der Waals surface area contributed by atoms with E-state index in [1.54, 1.807) is 24.3 Å². The van der Waals surface area contributed by atoms with E-state index in [9.17, 15) is 9.59 Å². The van der Waals surface area contributed by atoms with Crippen molar-refractivity contribution in [3.63, 3.8) is 0 Å². The van der Waals surface area contributed by atoms with Crippen LogP contribution in [0.3, 0.4) is 0 Å². The van der Waals surface area contributed by atoms with Crippen molar-refractivity contribution in [1.82, 2.24) is 4.90 Å². The van der Waals surface area contributed by atoms with Crippen LogP contribution in [-0.2, 0) is 4.79 Å². The average molecular weight is 427 g/mol. The predicted molar refractivity (Wildman–Crippen MR) is 110 cm³/mol. The van der Waals surface area contributed by atoms with E-state index in [2.05, 4.69) is 10.6 Å². The third-order valence-electron chi connectivity index (χ3n) is 4.26. The summed E-state index contributed by atoms with van der Waals surface area (Å²) in [6.45, 7) is 1.67. The summed E-state index contributed by atoms with van der Waals surface area (Å²) in [5, 5.41) is 6.62. The molecular formula is C19H18Cl3N3O2. The summed E-state index contributed by atoms with van der Waals surface area (Å²) < 4.78 is 0. The highest BCUT2D eigenvalue weighted by Gasteiger charge is 2.19. The highest BCUT2D eigenvalue weighted by atomic mass is 35.5. The fraction of sp³-hybridized carbons (Fsp3) is 0.263. The van der Waals surface area contributed by atoms with Gasteiger partial charge >= 0.3 is 0 Å². The van der Waals surface area contributed by atoms with E-state index in [1.165, 1.54) is 12.1 Å². The van der Waals surface area contributed by atoms with Gasteiger partial charge in [-0.3, -0.25) is 9.59 Å². The van der Waals surface area contributed by atoms with Crippen molar-refractivity contribution in [2.45, 2.75) is 12.8 Å². The molecule has 0 aromatic heterocycles. The molecule has 5 nitrogen and oxygen atoms in total. The Morgan fingerprint density at radius 1 is 0.926 bits per heavy atom. The number of hydrogen-bond donors (Lipinski definition) is 2. The number of nitrogens with zero attached hydrogens (tertiary/aromatic N) is 1. The van der Waals surface area contributed by atoms with E-state index >= 15 is 0 Å². The Morgan fingerprint density at radius 2 is 1.56 bits per heavy atom. The Hall–Kier alpha value is -1.95. The zero-order valence-electron chi connectivity index (χ0n) is 14.4. The van der Waals surface area contributed by atoms with Gasteiger partial charge in [-0.15, -0.1) is 0 Å². The molecule has 1 aliphatic heterocycles. The minimum atomic E-state index is -0.285. The van der Waals surface area contributed by atoms with Crippen LogP contribution in [0.5, 0.6) is 0 Å². The average Bonchev–Trinajstić information content (AvgIpc) is 3.19. The van der Waals surface area contributed by atoms with Gasteiger partial charge in [0.15, 0.2) is 0 Å². The van der Waals surface area contributed by atoms with Crippen molar-refractivity contribution in [3.05, 3.63) is 57.0 Å². The maximum Gasteiger partial charge on any atom is 0.253 e. The van der Waals surface area contributed by atoms with E-state index in [0.29, 0.717) is 26.3 Å². The van der Waals surface area contributed by atoms with Gasteiger partial charge in [0.1, 0.15) is 0 Å². The summed E-state index contributed by atoms with van der Waals surface area (Å²) in [4.78, 5) is 26.3. The highest BCUT2D eigenvalue weighted by Crippen LogP contribution is 2.32. The third-order valence-corrected chi connectivity index (χ3v) is 5.30. The third kappa shape index (κ3) is 5.06. The Bertz CT molecular complexity index is 850. The summed E-state index contributed by atoms with van der Waals surface area (Å²) in [6, 6.07) is 10.1. The molecule has 0 saturated carbocycles. The van der Waals surface area contributed by atoms with Gasteiger partial charge < -0.3 is 15.5 Å². The van der Waals surface area contributed by atoms with Gasteiger partial charge in [-0.2, -0.15) is 0 Å². The lowest BCUT2D eigenvalue weighted by Gasteiger charge is -2.15. The standard InChI is InChI=1S/C19H18Cl3N3O2/c20-14-9-16(22)17(10-15(14)21)24-18(26)11-23-13-5-3-12(4-6-13)19(27)25-7-1-2-8-25/h3-6,9-10,23H,1-2,7-8,11H2,(H,24,26). The molecule has 1 saturated heterocycles. The first-order valence-corrected chi connectivity index (χ1v) is 9.65. The highest BCUT2D eigenvalue weighted by molar-refractivity contribution is 6.44. The Balaban J connectivity index is 1.54. The van der Waals surface area contributed by atoms with Gasteiger partial charge in [-0.05, 0) is 49.2 Å². The van der Waals surface area contributed by atoms with E-state index < -0.39 is 0 Å². The molecule has 2 aromatic rings. The van der Waals surface area contributed by atoms with Crippen LogP contribution < -0.4 is 10.6 Å². The smallest absolute Gasteiger partial charge is 0.253 e. The normalized spacial score (nSPS) is 13.5. The molecule has 0 bridgehead atoms. The maximum atomic E-state index is 12.3. The summed E-state index contributed by atoms with van der Waals surface area (Å²) in [6.07, 6.45) is 2.12. The second-order valence-corrected chi connectivity index (χ2v) is 7.45. The monoisotopic (exact) mass is 425 g/mol. The molecule has 0 atom stereocenters. The Labute approximate surface area is 172 Å². The molecule has 0 spiro atoms. The first-order valence-electron chi connectivity index (χ1n) is 8.51. The molecule has 142 valence electrons. The van der Waals surface area contributed by atoms with Crippen molar-refractivity contribution in [1.29, 1.82) is 0 Å². The fourth-order valence-corrected chi connectivity index (χ4v) is 3.42. The molecule has 0 unspecified atom stereocenters. The number of halogens is 3. The first-order chi connectivity index (χ1) is 12.9. The quantitative estimate of drug-likeness (QED) is 0.666. The van der Waals surface area contributed by atoms with Gasteiger partial charge in [-0.1, -0.05) is 34.8 Å². The van der Waals surface area contributed by atoms with E-state index in [4.69, 9.17) is 34.8 Å². The van der Waals surface area contributed by atoms with Crippen LogP contribution in [0, 0.1) is 0 Å². The zero-order chi connectivity index (χ0) is 19.4. The predicted octanol–water partition coefficient (Wildman–Crippen LogP) is 4.93. The van der Waals surface area contributed by atoms with E-state index in [0.717, 1.165) is 31.6 Å². The van der Waals surface area contributed by atoms with Crippen LogP contribution in [0.2, 0.25) is 15.1 Å². The second kappa shape index (κ2) is 8.83. The lowest BCUT2D eigenvalue weighted by Crippen LogP contribution is -2.27. The molecule has 1 heterocycles. The molecule has 27 heavy (non-hydrogen) atoms. The second-order valence-electron chi connectivity index (χ2n) is 6.22. The number of amides is 2. The number of rotatable bonds is 5. The number of anilines is 2. The molecule has 0 aliphatic carbocycles. The number of likely N-dealkylation sites (tertiary alicyclic amines) is 1. The van der Waals surface area contributed by atoms with Crippen LogP contribution in [-0.4, -0.2) is 36.3 Å².